The summed E-state index contributed by atoms with van der Waals surface area (Å²) in [5, 5.41) is 6.75. The van der Waals surface area contributed by atoms with E-state index < -0.39 is 0 Å². The lowest BCUT2D eigenvalue weighted by molar-refractivity contribution is -0.0705. The lowest BCUT2D eigenvalue weighted by Crippen LogP contribution is -2.44. The molecule has 0 saturated carbocycles. The molecule has 1 aromatic carbocycles. The first-order valence-corrected chi connectivity index (χ1v) is 10.1. The van der Waals surface area contributed by atoms with Crippen LogP contribution in [0, 0.1) is 0 Å². The third-order valence-electron chi connectivity index (χ3n) is 4.58. The number of halogens is 1. The Morgan fingerprint density at radius 2 is 1.78 bits per heavy atom. The van der Waals surface area contributed by atoms with E-state index in [0.29, 0.717) is 18.8 Å². The van der Waals surface area contributed by atoms with Crippen LogP contribution in [0.25, 0.3) is 0 Å². The zero-order valence-electron chi connectivity index (χ0n) is 17.3. The summed E-state index contributed by atoms with van der Waals surface area (Å²) in [6.45, 7) is 14.1. The zero-order valence-corrected chi connectivity index (χ0v) is 19.7. The van der Waals surface area contributed by atoms with Crippen molar-refractivity contribution in [2.75, 3.05) is 26.2 Å². The number of rotatable bonds is 8. The van der Waals surface area contributed by atoms with Gasteiger partial charge in [-0.2, -0.15) is 0 Å². The van der Waals surface area contributed by atoms with E-state index in [4.69, 9.17) is 9.73 Å². The van der Waals surface area contributed by atoms with Crippen LogP contribution in [0.4, 0.5) is 0 Å². The van der Waals surface area contributed by atoms with Gasteiger partial charge in [-0.15, -0.1) is 24.0 Å². The van der Waals surface area contributed by atoms with Gasteiger partial charge in [0.1, 0.15) is 0 Å². The Morgan fingerprint density at radius 3 is 2.41 bits per heavy atom. The second-order valence-corrected chi connectivity index (χ2v) is 7.20. The van der Waals surface area contributed by atoms with Crippen molar-refractivity contribution in [1.82, 2.24) is 15.5 Å². The van der Waals surface area contributed by atoms with Crippen LogP contribution in [0.15, 0.2) is 29.3 Å². The van der Waals surface area contributed by atoms with E-state index in [9.17, 15) is 0 Å². The topological polar surface area (TPSA) is 48.9 Å². The lowest BCUT2D eigenvalue weighted by Gasteiger charge is -2.35. The maximum absolute atomic E-state index is 5.86. The van der Waals surface area contributed by atoms with Gasteiger partial charge in [-0.3, -0.25) is 4.90 Å². The maximum atomic E-state index is 5.86. The van der Waals surface area contributed by atoms with Crippen LogP contribution in [0.5, 0.6) is 0 Å². The highest BCUT2D eigenvalue weighted by Crippen LogP contribution is 2.17. The quantitative estimate of drug-likeness (QED) is 0.253. The Kier molecular flexibility index (Phi) is 11.9. The summed E-state index contributed by atoms with van der Waals surface area (Å²) in [7, 11) is 0. The van der Waals surface area contributed by atoms with Crippen molar-refractivity contribution >= 4 is 29.9 Å². The Morgan fingerprint density at radius 1 is 1.11 bits per heavy atom. The first-order chi connectivity index (χ1) is 12.6. The van der Waals surface area contributed by atoms with Crippen LogP contribution in [-0.4, -0.2) is 49.2 Å². The third-order valence-corrected chi connectivity index (χ3v) is 4.58. The average molecular weight is 488 g/mol. The number of benzene rings is 1. The van der Waals surface area contributed by atoms with Gasteiger partial charge in [-0.1, -0.05) is 37.6 Å². The van der Waals surface area contributed by atoms with Crippen LogP contribution in [0.1, 0.15) is 51.7 Å². The first kappa shape index (κ1) is 24.2. The standard InChI is InChI=1S/C21H36N4O.HI/c1-5-7-12-23-21(22-6-2)24-13-19-10-8-9-11-20(19)16-25-14-17(3)26-18(4)15-25;/h8-11,17-18H,5-7,12-16H2,1-4H3,(H2,22,23,24);1H. The number of unbranched alkanes of at least 4 members (excludes halogenated alkanes) is 1. The van der Waals surface area contributed by atoms with Gasteiger partial charge in [-0.05, 0) is 38.3 Å². The van der Waals surface area contributed by atoms with Gasteiger partial charge in [0.2, 0.25) is 0 Å². The zero-order chi connectivity index (χ0) is 18.8. The van der Waals surface area contributed by atoms with Crippen molar-refractivity contribution in [3.05, 3.63) is 35.4 Å². The molecule has 1 fully saturated rings. The highest BCUT2D eigenvalue weighted by molar-refractivity contribution is 14.0. The highest BCUT2D eigenvalue weighted by atomic mass is 127. The van der Waals surface area contributed by atoms with E-state index in [0.717, 1.165) is 45.1 Å². The molecule has 2 N–H and O–H groups in total. The number of guanidine groups is 1. The molecule has 0 amide bonds. The van der Waals surface area contributed by atoms with Crippen LogP contribution >= 0.6 is 24.0 Å². The van der Waals surface area contributed by atoms with Crippen LogP contribution < -0.4 is 10.6 Å². The molecule has 6 heteroatoms. The molecule has 0 bridgehead atoms. The average Bonchev–Trinajstić information content (AvgIpc) is 2.60. The second kappa shape index (κ2) is 13.3. The largest absolute Gasteiger partial charge is 0.373 e. The summed E-state index contributed by atoms with van der Waals surface area (Å²) in [4.78, 5) is 7.28. The fraction of sp³-hybridized carbons (Fsp3) is 0.667. The number of aliphatic imine (C=N–C) groups is 1. The number of nitrogens with one attached hydrogen (secondary N) is 2. The highest BCUT2D eigenvalue weighted by Gasteiger charge is 2.22. The molecule has 5 nitrogen and oxygen atoms in total. The van der Waals surface area contributed by atoms with Gasteiger partial charge in [-0.25, -0.2) is 4.99 Å². The predicted molar refractivity (Wildman–Crippen MR) is 125 cm³/mol. The molecule has 1 saturated heterocycles. The molecule has 2 atom stereocenters. The Bertz CT molecular complexity index is 557. The molecule has 1 aliphatic rings. The molecule has 2 unspecified atom stereocenters. The molecule has 0 spiro atoms. The summed E-state index contributed by atoms with van der Waals surface area (Å²) >= 11 is 0. The summed E-state index contributed by atoms with van der Waals surface area (Å²) in [5.74, 6) is 0.907. The molecule has 27 heavy (non-hydrogen) atoms. The summed E-state index contributed by atoms with van der Waals surface area (Å²) in [5.41, 5.74) is 2.66. The summed E-state index contributed by atoms with van der Waals surface area (Å²) < 4.78 is 5.86. The summed E-state index contributed by atoms with van der Waals surface area (Å²) in [6, 6.07) is 8.66. The molecule has 0 radical (unpaired) electrons. The molecule has 1 aliphatic heterocycles. The minimum atomic E-state index is 0. The molecule has 0 aliphatic carbocycles. The minimum Gasteiger partial charge on any atom is -0.373 e. The Labute approximate surface area is 182 Å². The fourth-order valence-electron chi connectivity index (χ4n) is 3.41. The fourth-order valence-corrected chi connectivity index (χ4v) is 3.41. The number of hydrogen-bond donors (Lipinski definition) is 2. The van der Waals surface area contributed by atoms with Gasteiger partial charge in [0.25, 0.3) is 0 Å². The molecule has 2 rings (SSSR count). The van der Waals surface area contributed by atoms with E-state index in [1.807, 2.05) is 0 Å². The number of morpholine rings is 1. The SMILES string of the molecule is CCCCNC(=NCc1ccccc1CN1CC(C)OC(C)C1)NCC.I. The molecule has 1 aromatic rings. The lowest BCUT2D eigenvalue weighted by atomic mass is 10.1. The van der Waals surface area contributed by atoms with Crippen molar-refractivity contribution < 1.29 is 4.74 Å². The monoisotopic (exact) mass is 488 g/mol. The van der Waals surface area contributed by atoms with Crippen molar-refractivity contribution in [3.63, 3.8) is 0 Å². The van der Waals surface area contributed by atoms with Gasteiger partial charge < -0.3 is 15.4 Å². The summed E-state index contributed by atoms with van der Waals surface area (Å²) in [6.07, 6.45) is 2.94. The number of hydrogen-bond acceptors (Lipinski definition) is 3. The van der Waals surface area contributed by atoms with E-state index in [-0.39, 0.29) is 24.0 Å². The van der Waals surface area contributed by atoms with Crippen LogP contribution in [0.3, 0.4) is 0 Å². The molecular weight excluding hydrogens is 451 g/mol. The Hall–Kier alpha value is -0.860. The number of nitrogens with zero attached hydrogens (tertiary/aromatic N) is 2. The van der Waals surface area contributed by atoms with Crippen molar-refractivity contribution in [1.29, 1.82) is 0 Å². The van der Waals surface area contributed by atoms with E-state index in [1.54, 1.807) is 0 Å². The van der Waals surface area contributed by atoms with E-state index in [2.05, 4.69) is 67.5 Å². The molecular formula is C21H37IN4O. The normalized spacial score (nSPS) is 20.8. The maximum Gasteiger partial charge on any atom is 0.191 e. The number of ether oxygens (including phenoxy) is 1. The van der Waals surface area contributed by atoms with Gasteiger partial charge >= 0.3 is 0 Å². The molecule has 1 heterocycles. The second-order valence-electron chi connectivity index (χ2n) is 7.20. The minimum absolute atomic E-state index is 0. The molecule has 0 aromatic heterocycles. The third kappa shape index (κ3) is 8.79. The predicted octanol–water partition coefficient (Wildman–Crippen LogP) is 3.77. The van der Waals surface area contributed by atoms with Crippen LogP contribution in [-0.2, 0) is 17.8 Å². The van der Waals surface area contributed by atoms with Crippen molar-refractivity contribution in [2.45, 2.75) is 65.8 Å². The van der Waals surface area contributed by atoms with Gasteiger partial charge in [0.15, 0.2) is 5.96 Å². The van der Waals surface area contributed by atoms with Crippen LogP contribution in [0.2, 0.25) is 0 Å². The molecule has 154 valence electrons. The van der Waals surface area contributed by atoms with Crippen molar-refractivity contribution in [2.24, 2.45) is 4.99 Å². The van der Waals surface area contributed by atoms with Crippen molar-refractivity contribution in [3.8, 4) is 0 Å². The van der Waals surface area contributed by atoms with E-state index in [1.165, 1.54) is 17.5 Å². The van der Waals surface area contributed by atoms with Gasteiger partial charge in [0, 0.05) is 32.7 Å². The Balaban J connectivity index is 0.00000364. The van der Waals surface area contributed by atoms with E-state index >= 15 is 0 Å². The smallest absolute Gasteiger partial charge is 0.191 e. The van der Waals surface area contributed by atoms with Gasteiger partial charge in [0.05, 0.1) is 18.8 Å². The first-order valence-electron chi connectivity index (χ1n) is 10.1.